The van der Waals surface area contributed by atoms with Crippen molar-refractivity contribution in [2.45, 2.75) is 30.9 Å². The normalized spacial score (nSPS) is 25.8. The third kappa shape index (κ3) is 3.31. The van der Waals surface area contributed by atoms with E-state index in [1.807, 2.05) is 0 Å². The van der Waals surface area contributed by atoms with Crippen molar-refractivity contribution in [2.75, 3.05) is 13.2 Å². The summed E-state index contributed by atoms with van der Waals surface area (Å²) in [6, 6.07) is 0. The molecule has 0 N–H and O–H groups in total. The first-order chi connectivity index (χ1) is 6.56. The molecule has 1 aliphatic rings. The fourth-order valence-electron chi connectivity index (χ4n) is 1.11. The summed E-state index contributed by atoms with van der Waals surface area (Å²) in [7, 11) is 0. The Bertz CT molecular complexity index is 204. The number of ether oxygens (including phenoxy) is 2. The lowest BCUT2D eigenvalue weighted by Crippen LogP contribution is -2.33. The largest absolute Gasteiger partial charge is 0.460 e. The van der Waals surface area contributed by atoms with E-state index in [0.717, 1.165) is 19.4 Å². The summed E-state index contributed by atoms with van der Waals surface area (Å²) >= 11 is 9.12. The predicted molar refractivity (Wildman–Crippen MR) is 54.3 cm³/mol. The van der Waals surface area contributed by atoms with Crippen LogP contribution < -0.4 is 0 Å². The van der Waals surface area contributed by atoms with E-state index < -0.39 is 11.0 Å². The molecule has 0 spiro atoms. The fourth-order valence-corrected chi connectivity index (χ4v) is 1.24. The lowest BCUT2D eigenvalue weighted by molar-refractivity contribution is -0.156. The molecule has 1 unspecified atom stereocenters. The molecule has 1 aliphatic heterocycles. The van der Waals surface area contributed by atoms with E-state index in [0.29, 0.717) is 0 Å². The molecule has 1 fully saturated rings. The van der Waals surface area contributed by atoms with Crippen LogP contribution in [0.15, 0.2) is 0 Å². The molecule has 0 bridgehead atoms. The molecule has 0 saturated carbocycles. The monoisotopic (exact) mass is 240 g/mol. The maximum absolute atomic E-state index is 11.3. The Hall–Kier alpha value is 0.0300. The maximum atomic E-state index is 11.3. The van der Waals surface area contributed by atoms with Crippen LogP contribution in [0.4, 0.5) is 0 Å². The lowest BCUT2D eigenvalue weighted by Gasteiger charge is -2.18. The quantitative estimate of drug-likeness (QED) is 0.350. The average molecular weight is 241 g/mol. The van der Waals surface area contributed by atoms with Gasteiger partial charge in [0.2, 0.25) is 5.06 Å². The van der Waals surface area contributed by atoms with Crippen LogP contribution in [0.5, 0.6) is 0 Å². The molecule has 0 aromatic carbocycles. The van der Waals surface area contributed by atoms with Gasteiger partial charge in [0.15, 0.2) is 0 Å². The van der Waals surface area contributed by atoms with Gasteiger partial charge in [-0.25, -0.2) is 4.79 Å². The number of hydrogen-bond donors (Lipinski definition) is 1. The van der Waals surface area contributed by atoms with Gasteiger partial charge in [-0.15, -0.1) is 0 Å². The highest BCUT2D eigenvalue weighted by molar-refractivity contribution is 7.75. The van der Waals surface area contributed by atoms with E-state index in [2.05, 4.69) is 17.1 Å². The number of halogens is 1. The second kappa shape index (κ2) is 5.21. The van der Waals surface area contributed by atoms with Crippen molar-refractivity contribution in [2.24, 2.45) is 0 Å². The van der Waals surface area contributed by atoms with Gasteiger partial charge in [-0.2, -0.15) is 0 Å². The zero-order chi connectivity index (χ0) is 10.6. The topological polar surface area (TPSA) is 44.8 Å². The first-order valence-corrected chi connectivity index (χ1v) is 5.11. The summed E-state index contributed by atoms with van der Waals surface area (Å²) in [6.07, 6.45) is 1.91. The van der Waals surface area contributed by atoms with Crippen LogP contribution in [-0.4, -0.2) is 30.3 Å². The van der Waals surface area contributed by atoms with Gasteiger partial charge in [0.05, 0.1) is 6.10 Å². The smallest absolute Gasteiger partial charge is 0.355 e. The predicted octanol–water partition coefficient (Wildman–Crippen LogP) is 1.52. The molecule has 0 aliphatic carbocycles. The minimum atomic E-state index is -1.53. The summed E-state index contributed by atoms with van der Waals surface area (Å²) in [5.74, 6) is -0.648. The van der Waals surface area contributed by atoms with Gasteiger partial charge in [-0.05, 0) is 32.7 Å². The van der Waals surface area contributed by atoms with Gasteiger partial charge >= 0.3 is 5.97 Å². The van der Waals surface area contributed by atoms with Crippen LogP contribution in [0.2, 0.25) is 0 Å². The standard InChI is InChI=1S/C8H13ClO4S/c1-8(9,13-14)7(10)12-5-6-3-2-4-11-6/h6,14H,2-5H2,1H3/t6-,8?/m1/s1. The highest BCUT2D eigenvalue weighted by Gasteiger charge is 2.33. The molecule has 1 heterocycles. The Morgan fingerprint density at radius 2 is 2.50 bits per heavy atom. The molecule has 0 amide bonds. The van der Waals surface area contributed by atoms with Crippen molar-refractivity contribution in [3.63, 3.8) is 0 Å². The summed E-state index contributed by atoms with van der Waals surface area (Å²) < 4.78 is 14.6. The second-order valence-corrected chi connectivity index (χ2v) is 4.15. The Kier molecular flexibility index (Phi) is 4.50. The van der Waals surface area contributed by atoms with Crippen LogP contribution in [0.25, 0.3) is 0 Å². The third-order valence-corrected chi connectivity index (χ3v) is 2.66. The van der Waals surface area contributed by atoms with Crippen molar-refractivity contribution in [3.05, 3.63) is 0 Å². The number of esters is 1. The minimum Gasteiger partial charge on any atom is -0.460 e. The molecular formula is C8H13ClO4S. The van der Waals surface area contributed by atoms with Crippen molar-refractivity contribution < 1.29 is 18.5 Å². The lowest BCUT2D eigenvalue weighted by atomic mass is 10.2. The van der Waals surface area contributed by atoms with E-state index in [9.17, 15) is 4.79 Å². The van der Waals surface area contributed by atoms with Crippen molar-refractivity contribution in [3.8, 4) is 0 Å². The molecule has 82 valence electrons. The van der Waals surface area contributed by atoms with Crippen LogP contribution in [-0.2, 0) is 18.5 Å². The van der Waals surface area contributed by atoms with E-state index in [-0.39, 0.29) is 12.7 Å². The second-order valence-electron chi connectivity index (χ2n) is 3.24. The molecule has 1 rings (SSSR count). The Morgan fingerprint density at radius 3 is 3.00 bits per heavy atom. The summed E-state index contributed by atoms with van der Waals surface area (Å²) in [4.78, 5) is 11.3. The minimum absolute atomic E-state index is 0.00802. The molecule has 1 saturated heterocycles. The van der Waals surface area contributed by atoms with Gasteiger partial charge in [0.1, 0.15) is 6.61 Å². The van der Waals surface area contributed by atoms with Gasteiger partial charge in [-0.1, -0.05) is 11.6 Å². The highest BCUT2D eigenvalue weighted by atomic mass is 35.5. The number of thiol groups is 1. The fraction of sp³-hybridized carbons (Fsp3) is 0.875. The van der Waals surface area contributed by atoms with Crippen LogP contribution >= 0.6 is 24.5 Å². The third-order valence-electron chi connectivity index (χ3n) is 1.96. The Labute approximate surface area is 93.5 Å². The van der Waals surface area contributed by atoms with Crippen LogP contribution in [0, 0.1) is 0 Å². The van der Waals surface area contributed by atoms with Gasteiger partial charge in [-0.3, -0.25) is 4.18 Å². The van der Waals surface area contributed by atoms with Gasteiger partial charge in [0, 0.05) is 6.61 Å². The zero-order valence-electron chi connectivity index (χ0n) is 7.86. The number of alkyl halides is 1. The SMILES string of the molecule is CC(Cl)(OS)C(=O)OC[C@H]1CCCO1. The summed E-state index contributed by atoms with van der Waals surface area (Å²) in [5.41, 5.74) is 0. The van der Waals surface area contributed by atoms with Gasteiger partial charge < -0.3 is 9.47 Å². The first-order valence-electron chi connectivity index (χ1n) is 4.36. The van der Waals surface area contributed by atoms with E-state index in [1.54, 1.807) is 0 Å². The van der Waals surface area contributed by atoms with Gasteiger partial charge in [0.25, 0.3) is 0 Å². The van der Waals surface area contributed by atoms with Crippen molar-refractivity contribution >= 4 is 30.5 Å². The summed E-state index contributed by atoms with van der Waals surface area (Å²) in [5, 5.41) is -1.53. The summed E-state index contributed by atoms with van der Waals surface area (Å²) in [6.45, 7) is 2.32. The van der Waals surface area contributed by atoms with E-state index in [1.165, 1.54) is 6.92 Å². The molecule has 14 heavy (non-hydrogen) atoms. The molecule has 4 nitrogen and oxygen atoms in total. The molecule has 0 aromatic rings. The molecular weight excluding hydrogens is 228 g/mol. The van der Waals surface area contributed by atoms with E-state index >= 15 is 0 Å². The van der Waals surface area contributed by atoms with Crippen molar-refractivity contribution in [1.82, 2.24) is 0 Å². The number of hydrogen-bond acceptors (Lipinski definition) is 5. The molecule has 2 atom stereocenters. The first kappa shape index (κ1) is 12.1. The molecule has 6 heteroatoms. The molecule has 0 aromatic heterocycles. The number of rotatable bonds is 4. The van der Waals surface area contributed by atoms with Crippen LogP contribution in [0.3, 0.4) is 0 Å². The number of carbonyl (C=O) groups is 1. The zero-order valence-corrected chi connectivity index (χ0v) is 9.51. The molecule has 0 radical (unpaired) electrons. The van der Waals surface area contributed by atoms with Crippen LogP contribution in [0.1, 0.15) is 19.8 Å². The van der Waals surface area contributed by atoms with E-state index in [4.69, 9.17) is 21.1 Å². The number of carbonyl (C=O) groups excluding carboxylic acids is 1. The average Bonchev–Trinajstić information content (AvgIpc) is 2.66. The highest BCUT2D eigenvalue weighted by Crippen LogP contribution is 2.20. The van der Waals surface area contributed by atoms with Crippen molar-refractivity contribution in [1.29, 1.82) is 0 Å². The Balaban J connectivity index is 2.26. The Morgan fingerprint density at radius 1 is 1.79 bits per heavy atom. The maximum Gasteiger partial charge on any atom is 0.355 e.